The molecule has 1 aliphatic heterocycles. The number of pyridine rings is 1. The number of rotatable bonds is 2. The zero-order chi connectivity index (χ0) is 19.1. The number of nitrogens with zero attached hydrogens (tertiary/aromatic N) is 1. The predicted octanol–water partition coefficient (Wildman–Crippen LogP) is 4.61. The van der Waals surface area contributed by atoms with Crippen LogP contribution in [0.1, 0.15) is 31.9 Å². The van der Waals surface area contributed by atoms with Gasteiger partial charge in [0.15, 0.2) is 5.43 Å². The van der Waals surface area contributed by atoms with Crippen molar-refractivity contribution in [3.63, 3.8) is 0 Å². The zero-order valence-electron chi connectivity index (χ0n) is 14.8. The summed E-state index contributed by atoms with van der Waals surface area (Å²) < 4.78 is 2.03. The minimum Gasteiger partial charge on any atom is -0.355 e. The van der Waals surface area contributed by atoms with Crippen molar-refractivity contribution < 1.29 is 4.79 Å². The molecule has 1 N–H and O–H groups in total. The van der Waals surface area contributed by atoms with Gasteiger partial charge in [0, 0.05) is 51.0 Å². The normalized spacial score (nSPS) is 15.6. The maximum Gasteiger partial charge on any atom is 0.256 e. The van der Waals surface area contributed by atoms with Crippen molar-refractivity contribution in [2.24, 2.45) is 0 Å². The molecule has 0 radical (unpaired) electrons. The molecule has 1 aromatic carbocycles. The van der Waals surface area contributed by atoms with Crippen molar-refractivity contribution in [2.75, 3.05) is 7.05 Å². The smallest absolute Gasteiger partial charge is 0.256 e. The van der Waals surface area contributed by atoms with Crippen molar-refractivity contribution in [2.45, 2.75) is 23.5 Å². The SMILES string of the molecule is CNC(=O)c1c2n(c(C)cc1=O)-c1ccc(Cl)cc1SC(c1cccs1)C2. The fourth-order valence-electron chi connectivity index (χ4n) is 3.46. The van der Waals surface area contributed by atoms with Crippen molar-refractivity contribution in [3.8, 4) is 5.69 Å². The molecule has 0 bridgehead atoms. The molecule has 1 unspecified atom stereocenters. The van der Waals surface area contributed by atoms with Crippen LogP contribution in [0.3, 0.4) is 0 Å². The fourth-order valence-corrected chi connectivity index (χ4v) is 5.93. The summed E-state index contributed by atoms with van der Waals surface area (Å²) in [6.45, 7) is 1.90. The Morgan fingerprint density at radius 2 is 2.11 bits per heavy atom. The van der Waals surface area contributed by atoms with Crippen LogP contribution in [0, 0.1) is 6.92 Å². The highest BCUT2D eigenvalue weighted by atomic mass is 35.5. The van der Waals surface area contributed by atoms with Gasteiger partial charge in [-0.05, 0) is 36.6 Å². The van der Waals surface area contributed by atoms with Crippen molar-refractivity contribution in [1.82, 2.24) is 9.88 Å². The predicted molar refractivity (Wildman–Crippen MR) is 112 cm³/mol. The summed E-state index contributed by atoms with van der Waals surface area (Å²) in [7, 11) is 1.55. The number of fused-ring (bicyclic) bond motifs is 3. The molecule has 0 aliphatic carbocycles. The molecule has 1 amide bonds. The minimum atomic E-state index is -0.351. The molecule has 0 saturated heterocycles. The van der Waals surface area contributed by atoms with E-state index in [-0.39, 0.29) is 22.1 Å². The van der Waals surface area contributed by atoms with Crippen molar-refractivity contribution >= 4 is 40.6 Å². The first-order valence-corrected chi connectivity index (χ1v) is 10.6. The second kappa shape index (κ2) is 7.19. The summed E-state index contributed by atoms with van der Waals surface area (Å²) >= 11 is 9.66. The molecule has 138 valence electrons. The Labute approximate surface area is 170 Å². The molecular weight excluding hydrogens is 400 g/mol. The summed E-state index contributed by atoms with van der Waals surface area (Å²) in [6, 6.07) is 11.4. The third-order valence-electron chi connectivity index (χ3n) is 4.62. The lowest BCUT2D eigenvalue weighted by molar-refractivity contribution is 0.0960. The van der Waals surface area contributed by atoms with Gasteiger partial charge < -0.3 is 9.88 Å². The van der Waals surface area contributed by atoms with Crippen LogP contribution < -0.4 is 10.7 Å². The molecule has 4 nitrogen and oxygen atoms in total. The molecule has 1 atom stereocenters. The number of nitrogens with one attached hydrogen (secondary N) is 1. The maximum absolute atomic E-state index is 12.7. The number of thiophene rings is 1. The molecule has 1 aliphatic rings. The Morgan fingerprint density at radius 3 is 2.81 bits per heavy atom. The van der Waals surface area contributed by atoms with Crippen LogP contribution in [0.4, 0.5) is 0 Å². The monoisotopic (exact) mass is 416 g/mol. The van der Waals surface area contributed by atoms with Crippen LogP contribution in [0.15, 0.2) is 51.5 Å². The van der Waals surface area contributed by atoms with Crippen LogP contribution in [-0.2, 0) is 6.42 Å². The van der Waals surface area contributed by atoms with Gasteiger partial charge in [-0.25, -0.2) is 0 Å². The number of aromatic nitrogens is 1. The van der Waals surface area contributed by atoms with E-state index in [9.17, 15) is 9.59 Å². The highest BCUT2D eigenvalue weighted by molar-refractivity contribution is 7.99. The lowest BCUT2D eigenvalue weighted by Crippen LogP contribution is -2.30. The number of amides is 1. The van der Waals surface area contributed by atoms with Gasteiger partial charge in [0.25, 0.3) is 5.91 Å². The van der Waals surface area contributed by atoms with Crippen LogP contribution in [-0.4, -0.2) is 17.5 Å². The van der Waals surface area contributed by atoms with E-state index >= 15 is 0 Å². The molecule has 0 fully saturated rings. The minimum absolute atomic E-state index is 0.0978. The lowest BCUT2D eigenvalue weighted by atomic mass is 10.0. The summed E-state index contributed by atoms with van der Waals surface area (Å²) in [4.78, 5) is 27.5. The Balaban J connectivity index is 2.05. The third kappa shape index (κ3) is 3.22. The lowest BCUT2D eigenvalue weighted by Gasteiger charge is -2.19. The van der Waals surface area contributed by atoms with Gasteiger partial charge in [-0.2, -0.15) is 0 Å². The number of aryl methyl sites for hydroxylation is 1. The standard InChI is InChI=1S/C20H17ClN2O2S2/c1-11-8-15(24)19(20(25)22-2)14-10-18(16-4-3-7-26-16)27-17-9-12(21)5-6-13(17)23(11)14/h3-9,18H,10H2,1-2H3,(H,22,25). The van der Waals surface area contributed by atoms with Gasteiger partial charge in [0.1, 0.15) is 5.56 Å². The molecule has 3 heterocycles. The second-order valence-corrected chi connectivity index (χ2v) is 8.98. The summed E-state index contributed by atoms with van der Waals surface area (Å²) in [5.41, 5.74) is 2.46. The number of hydrogen-bond acceptors (Lipinski definition) is 4. The number of hydrogen-bond donors (Lipinski definition) is 1. The van der Waals surface area contributed by atoms with Gasteiger partial charge in [-0.3, -0.25) is 9.59 Å². The molecule has 0 spiro atoms. The quantitative estimate of drug-likeness (QED) is 0.663. The average molecular weight is 417 g/mol. The van der Waals surface area contributed by atoms with E-state index in [4.69, 9.17) is 11.6 Å². The molecule has 7 heteroatoms. The second-order valence-electron chi connectivity index (χ2n) is 6.32. The molecule has 0 saturated carbocycles. The third-order valence-corrected chi connectivity index (χ3v) is 7.28. The Bertz CT molecular complexity index is 1090. The Hall–Kier alpha value is -2.02. The molecule has 2 aromatic heterocycles. The zero-order valence-corrected chi connectivity index (χ0v) is 17.2. The number of thioether (sulfide) groups is 1. The van der Waals surface area contributed by atoms with E-state index in [0.717, 1.165) is 22.0 Å². The van der Waals surface area contributed by atoms with Gasteiger partial charge >= 0.3 is 0 Å². The highest BCUT2D eigenvalue weighted by Crippen LogP contribution is 2.46. The Kier molecular flexibility index (Phi) is 4.88. The van der Waals surface area contributed by atoms with E-state index in [1.807, 2.05) is 41.1 Å². The molecule has 3 aromatic rings. The Morgan fingerprint density at radius 1 is 1.30 bits per heavy atom. The summed E-state index contributed by atoms with van der Waals surface area (Å²) in [6.07, 6.45) is 0.581. The average Bonchev–Trinajstić information content (AvgIpc) is 3.11. The van der Waals surface area contributed by atoms with E-state index < -0.39 is 0 Å². The molecule has 27 heavy (non-hydrogen) atoms. The summed E-state index contributed by atoms with van der Waals surface area (Å²) in [5, 5.41) is 5.43. The van der Waals surface area contributed by atoms with Crippen molar-refractivity contribution in [3.05, 3.63) is 78.9 Å². The van der Waals surface area contributed by atoms with Crippen LogP contribution >= 0.6 is 34.7 Å². The number of benzene rings is 1. The van der Waals surface area contributed by atoms with Crippen LogP contribution in [0.2, 0.25) is 5.02 Å². The van der Waals surface area contributed by atoms with Gasteiger partial charge in [-0.15, -0.1) is 23.1 Å². The van der Waals surface area contributed by atoms with Gasteiger partial charge in [0.2, 0.25) is 0 Å². The van der Waals surface area contributed by atoms with Crippen LogP contribution in [0.25, 0.3) is 5.69 Å². The first-order valence-electron chi connectivity index (χ1n) is 8.47. The summed E-state index contributed by atoms with van der Waals surface area (Å²) in [5.74, 6) is -0.351. The largest absolute Gasteiger partial charge is 0.355 e. The maximum atomic E-state index is 12.7. The van der Waals surface area contributed by atoms with E-state index in [2.05, 4.69) is 11.4 Å². The van der Waals surface area contributed by atoms with E-state index in [0.29, 0.717) is 11.4 Å². The molecule has 4 rings (SSSR count). The first kappa shape index (κ1) is 18.3. The topological polar surface area (TPSA) is 51.1 Å². The van der Waals surface area contributed by atoms with Gasteiger partial charge in [0.05, 0.1) is 5.69 Å². The van der Waals surface area contributed by atoms with Gasteiger partial charge in [-0.1, -0.05) is 17.7 Å². The van der Waals surface area contributed by atoms with E-state index in [1.54, 1.807) is 30.1 Å². The van der Waals surface area contributed by atoms with Crippen LogP contribution in [0.5, 0.6) is 0 Å². The first-order chi connectivity index (χ1) is 13.0. The number of halogens is 1. The number of carbonyl (C=O) groups is 1. The molecular formula is C20H17ClN2O2S2. The number of carbonyl (C=O) groups excluding carboxylic acids is 1. The fraction of sp³-hybridized carbons (Fsp3) is 0.200. The van der Waals surface area contributed by atoms with E-state index in [1.165, 1.54) is 10.9 Å². The highest BCUT2D eigenvalue weighted by Gasteiger charge is 2.29. The van der Waals surface area contributed by atoms with Crippen molar-refractivity contribution in [1.29, 1.82) is 0 Å².